The van der Waals surface area contributed by atoms with Crippen molar-refractivity contribution in [2.24, 2.45) is 11.3 Å². The smallest absolute Gasteiger partial charge is 0.421 e. The van der Waals surface area contributed by atoms with Gasteiger partial charge in [-0.2, -0.15) is 0 Å². The van der Waals surface area contributed by atoms with Gasteiger partial charge in [0.25, 0.3) is 0 Å². The van der Waals surface area contributed by atoms with E-state index in [0.717, 1.165) is 6.20 Å². The van der Waals surface area contributed by atoms with Crippen molar-refractivity contribution in [2.45, 2.75) is 80.4 Å². The molecule has 0 saturated carbocycles. The van der Waals surface area contributed by atoms with Crippen LogP contribution in [0.25, 0.3) is 0 Å². The van der Waals surface area contributed by atoms with Gasteiger partial charge in [-0.1, -0.05) is 13.8 Å². The van der Waals surface area contributed by atoms with E-state index in [1.165, 1.54) is 0 Å². The van der Waals surface area contributed by atoms with Crippen LogP contribution in [-0.4, -0.2) is 46.3 Å². The Bertz CT molecular complexity index is 645. The summed E-state index contributed by atoms with van der Waals surface area (Å²) in [5.41, 5.74) is 0.963. The van der Waals surface area contributed by atoms with E-state index >= 15 is 0 Å². The lowest BCUT2D eigenvalue weighted by atomic mass is 9.94. The Hall–Kier alpha value is -2.96. The maximum Gasteiger partial charge on any atom is 0.421 e. The number of hydrazine groups is 1. The first-order valence-corrected chi connectivity index (χ1v) is 9.67. The first-order chi connectivity index (χ1) is 14.1. The summed E-state index contributed by atoms with van der Waals surface area (Å²) in [7, 11) is 0. The molecule has 0 radical (unpaired) electrons. The van der Waals surface area contributed by atoms with Gasteiger partial charge in [0.1, 0.15) is 11.2 Å². The van der Waals surface area contributed by atoms with Gasteiger partial charge >= 0.3 is 12.2 Å². The van der Waals surface area contributed by atoms with E-state index in [4.69, 9.17) is 15.3 Å². The van der Waals surface area contributed by atoms with Crippen LogP contribution < -0.4 is 16.6 Å². The molecule has 0 unspecified atom stereocenters. The van der Waals surface area contributed by atoms with Crippen LogP contribution in [0.2, 0.25) is 0 Å². The molecule has 0 aromatic heterocycles. The standard InChI is InChI=1S/C10H20N2O4.C5H12N2O2.C4H7NO2/c1-9(2,3)16-8(13)11-6-10(4,5)7-12(14)15;1-5(2,3)9-4(8)7-6;1-4(2)3-5(6)7/h6-7H2,1-5H3,(H,11,13);6H2,1-3H3,(H,7,8);3H,1-2H3. The van der Waals surface area contributed by atoms with Crippen LogP contribution in [0.1, 0.15) is 69.2 Å². The zero-order chi connectivity index (χ0) is 26.3. The first-order valence-electron chi connectivity index (χ1n) is 9.67. The lowest BCUT2D eigenvalue weighted by molar-refractivity contribution is -0.495. The lowest BCUT2D eigenvalue weighted by Crippen LogP contribution is -2.40. The number of allylic oxidation sites excluding steroid dienone is 1. The van der Waals surface area contributed by atoms with Crippen LogP contribution in [0.4, 0.5) is 9.59 Å². The normalized spacial score (nSPS) is 10.7. The third-order valence-electron chi connectivity index (χ3n) is 2.55. The Morgan fingerprint density at radius 1 is 0.906 bits per heavy atom. The molecule has 13 nitrogen and oxygen atoms in total. The highest BCUT2D eigenvalue weighted by Gasteiger charge is 2.26. The van der Waals surface area contributed by atoms with Gasteiger partial charge in [0.15, 0.2) is 0 Å². The summed E-state index contributed by atoms with van der Waals surface area (Å²) in [4.78, 5) is 40.7. The average molecular weight is 466 g/mol. The number of nitro groups is 2. The molecule has 0 aliphatic rings. The molecule has 0 rings (SSSR count). The summed E-state index contributed by atoms with van der Waals surface area (Å²) in [6.07, 6.45) is -0.188. The molecule has 0 atom stereocenters. The second-order valence-electron chi connectivity index (χ2n) is 9.65. The zero-order valence-corrected chi connectivity index (χ0v) is 20.7. The van der Waals surface area contributed by atoms with Crippen molar-refractivity contribution in [2.75, 3.05) is 13.1 Å². The van der Waals surface area contributed by atoms with E-state index in [0.29, 0.717) is 5.57 Å². The Kier molecular flexibility index (Phi) is 15.7. The number of alkyl carbamates (subject to hydrolysis) is 1. The van der Waals surface area contributed by atoms with Crippen molar-refractivity contribution < 1.29 is 28.9 Å². The average Bonchev–Trinajstić information content (AvgIpc) is 2.48. The molecular weight excluding hydrogens is 426 g/mol. The topological polar surface area (TPSA) is 189 Å². The third-order valence-corrected chi connectivity index (χ3v) is 2.55. The minimum absolute atomic E-state index is 0.192. The molecule has 0 aromatic carbocycles. The van der Waals surface area contributed by atoms with E-state index in [-0.39, 0.29) is 13.1 Å². The van der Waals surface area contributed by atoms with Crippen LogP contribution in [0.3, 0.4) is 0 Å². The summed E-state index contributed by atoms with van der Waals surface area (Å²) in [6, 6.07) is 0. The molecule has 0 heterocycles. The number of nitrogens with one attached hydrogen (secondary N) is 2. The second kappa shape index (κ2) is 14.9. The SMILES string of the molecule is CC(C)(C)OC(=O)NN.CC(C)(CNC(=O)OC(C)(C)C)C[N+](=O)[O-].CC(C)=C[N+](=O)[O-]. The van der Waals surface area contributed by atoms with Crippen LogP contribution in [0, 0.1) is 25.6 Å². The molecule has 0 saturated heterocycles. The number of rotatable bonds is 5. The van der Waals surface area contributed by atoms with E-state index in [1.807, 2.05) is 5.43 Å². The summed E-state index contributed by atoms with van der Waals surface area (Å²) in [6.45, 7) is 17.4. The molecule has 0 aliphatic heterocycles. The first kappa shape index (κ1) is 33.7. The highest BCUT2D eigenvalue weighted by Crippen LogP contribution is 2.14. The van der Waals surface area contributed by atoms with Crippen LogP contribution in [0.15, 0.2) is 11.8 Å². The molecule has 13 heteroatoms. The summed E-state index contributed by atoms with van der Waals surface area (Å²) in [5.74, 6) is 4.75. The molecule has 188 valence electrons. The quantitative estimate of drug-likeness (QED) is 0.236. The number of nitrogens with two attached hydrogens (primary N) is 1. The molecule has 0 aliphatic carbocycles. The number of ether oxygens (including phenoxy) is 2. The highest BCUT2D eigenvalue weighted by atomic mass is 16.6. The van der Waals surface area contributed by atoms with Crippen LogP contribution in [0.5, 0.6) is 0 Å². The number of nitrogens with zero attached hydrogens (tertiary/aromatic N) is 2. The predicted octanol–water partition coefficient (Wildman–Crippen LogP) is 3.39. The number of hydrogen-bond donors (Lipinski definition) is 3. The van der Waals surface area contributed by atoms with Crippen molar-refractivity contribution in [3.63, 3.8) is 0 Å². The fourth-order valence-electron chi connectivity index (χ4n) is 1.55. The Morgan fingerprint density at radius 2 is 1.31 bits per heavy atom. The molecule has 2 amide bonds. The monoisotopic (exact) mass is 465 g/mol. The van der Waals surface area contributed by atoms with Crippen molar-refractivity contribution in [1.29, 1.82) is 0 Å². The van der Waals surface area contributed by atoms with E-state index in [9.17, 15) is 29.8 Å². The predicted molar refractivity (Wildman–Crippen MR) is 120 cm³/mol. The van der Waals surface area contributed by atoms with Gasteiger partial charge in [-0.05, 0) is 61.0 Å². The van der Waals surface area contributed by atoms with Crippen molar-refractivity contribution in [3.8, 4) is 0 Å². The van der Waals surface area contributed by atoms with Gasteiger partial charge in [0.2, 0.25) is 12.7 Å². The zero-order valence-electron chi connectivity index (χ0n) is 20.7. The number of amides is 2. The van der Waals surface area contributed by atoms with Gasteiger partial charge in [0.05, 0.1) is 4.92 Å². The van der Waals surface area contributed by atoms with Gasteiger partial charge in [0, 0.05) is 16.9 Å². The highest BCUT2D eigenvalue weighted by molar-refractivity contribution is 5.67. The number of carbonyl (C=O) groups is 2. The minimum Gasteiger partial charge on any atom is -0.444 e. The summed E-state index contributed by atoms with van der Waals surface area (Å²) < 4.78 is 9.73. The van der Waals surface area contributed by atoms with Crippen LogP contribution in [-0.2, 0) is 9.47 Å². The molecular formula is C19H39N5O8. The van der Waals surface area contributed by atoms with Gasteiger partial charge in [-0.15, -0.1) is 0 Å². The minimum atomic E-state index is -0.609. The maximum atomic E-state index is 11.3. The van der Waals surface area contributed by atoms with Gasteiger partial charge < -0.3 is 14.8 Å². The van der Waals surface area contributed by atoms with E-state index < -0.39 is 38.7 Å². The largest absolute Gasteiger partial charge is 0.444 e. The third kappa shape index (κ3) is 31.7. The maximum absolute atomic E-state index is 11.3. The van der Waals surface area contributed by atoms with Crippen molar-refractivity contribution in [1.82, 2.24) is 10.7 Å². The molecule has 0 spiro atoms. The number of carbonyl (C=O) groups excluding carboxylic acids is 2. The summed E-state index contributed by atoms with van der Waals surface area (Å²) in [5, 5.41) is 22.4. The Balaban J connectivity index is -0.000000442. The van der Waals surface area contributed by atoms with E-state index in [2.05, 4.69) is 5.32 Å². The van der Waals surface area contributed by atoms with Crippen LogP contribution >= 0.6 is 0 Å². The van der Waals surface area contributed by atoms with E-state index in [1.54, 1.807) is 69.2 Å². The lowest BCUT2D eigenvalue weighted by Gasteiger charge is -2.23. The van der Waals surface area contributed by atoms with Gasteiger partial charge in [-0.3, -0.25) is 25.7 Å². The van der Waals surface area contributed by atoms with Gasteiger partial charge in [-0.25, -0.2) is 15.4 Å². The molecule has 0 fully saturated rings. The second-order valence-corrected chi connectivity index (χ2v) is 9.65. The summed E-state index contributed by atoms with van der Waals surface area (Å²) >= 11 is 0. The van der Waals surface area contributed by atoms with Crippen molar-refractivity contribution in [3.05, 3.63) is 32.0 Å². The molecule has 0 bridgehead atoms. The van der Waals surface area contributed by atoms with Crippen molar-refractivity contribution >= 4 is 12.2 Å². The molecule has 4 N–H and O–H groups in total. The Labute approximate surface area is 189 Å². The molecule has 0 aromatic rings. The molecule has 32 heavy (non-hydrogen) atoms. The fourth-order valence-corrected chi connectivity index (χ4v) is 1.55. The fraction of sp³-hybridized carbons (Fsp3) is 0.789. The Morgan fingerprint density at radius 3 is 1.53 bits per heavy atom. The number of hydrogen-bond acceptors (Lipinski definition) is 9.